The number of rotatable bonds is 4. The Kier molecular flexibility index (Phi) is 5.28. The quantitative estimate of drug-likeness (QED) is 0.661. The van der Waals surface area contributed by atoms with Crippen molar-refractivity contribution in [1.82, 2.24) is 4.90 Å². The molecular formula is C19H23NO4. The summed E-state index contributed by atoms with van der Waals surface area (Å²) in [6.07, 6.45) is -3.41. The number of nitrogens with zero attached hydrogens (tertiary/aromatic N) is 1. The number of hydrogen-bond acceptors (Lipinski definition) is 5. The van der Waals surface area contributed by atoms with E-state index in [1.165, 1.54) is 0 Å². The van der Waals surface area contributed by atoms with Crippen LogP contribution in [0.3, 0.4) is 0 Å². The van der Waals surface area contributed by atoms with Crippen LogP contribution in [0.25, 0.3) is 11.1 Å². The number of β-amino-alcohol motifs (C(OH)–C–C–N with tert-alkyl or cyclic N) is 1. The van der Waals surface area contributed by atoms with Crippen LogP contribution in [0.15, 0.2) is 54.6 Å². The van der Waals surface area contributed by atoms with Crippen LogP contribution in [0.5, 0.6) is 0 Å². The monoisotopic (exact) mass is 329 g/mol. The van der Waals surface area contributed by atoms with E-state index in [1.807, 2.05) is 42.5 Å². The molecule has 4 N–H and O–H groups in total. The van der Waals surface area contributed by atoms with Crippen molar-refractivity contribution < 1.29 is 20.4 Å². The molecule has 1 aliphatic rings. The second kappa shape index (κ2) is 7.42. The van der Waals surface area contributed by atoms with Gasteiger partial charge in [0, 0.05) is 13.1 Å². The fraction of sp³-hybridized carbons (Fsp3) is 0.368. The number of benzene rings is 2. The summed E-state index contributed by atoms with van der Waals surface area (Å²) >= 11 is 0. The van der Waals surface area contributed by atoms with Crippen molar-refractivity contribution in [2.45, 2.75) is 30.9 Å². The van der Waals surface area contributed by atoms with Gasteiger partial charge in [-0.3, -0.25) is 4.90 Å². The smallest absolute Gasteiger partial charge is 0.109 e. The molecule has 1 heterocycles. The van der Waals surface area contributed by atoms with Gasteiger partial charge < -0.3 is 20.4 Å². The third-order valence-electron chi connectivity index (χ3n) is 4.66. The molecule has 0 bridgehead atoms. The van der Waals surface area contributed by atoms with Crippen LogP contribution in [0.4, 0.5) is 0 Å². The highest BCUT2D eigenvalue weighted by Crippen LogP contribution is 2.23. The molecule has 0 amide bonds. The third-order valence-corrected chi connectivity index (χ3v) is 4.66. The molecule has 1 aliphatic heterocycles. The predicted octanol–water partition coefficient (Wildman–Crippen LogP) is 0.613. The molecule has 0 unspecified atom stereocenters. The summed E-state index contributed by atoms with van der Waals surface area (Å²) in [6, 6.07) is 17.6. The summed E-state index contributed by atoms with van der Waals surface area (Å²) in [5.74, 6) is 0. The highest BCUT2D eigenvalue weighted by molar-refractivity contribution is 5.63. The van der Waals surface area contributed by atoms with Gasteiger partial charge in [-0.05, 0) is 16.7 Å². The normalized spacial score (nSPS) is 28.0. The zero-order valence-corrected chi connectivity index (χ0v) is 13.4. The van der Waals surface area contributed by atoms with E-state index in [0.717, 1.165) is 16.7 Å². The number of piperidine rings is 1. The van der Waals surface area contributed by atoms with Gasteiger partial charge >= 0.3 is 0 Å². The van der Waals surface area contributed by atoms with E-state index in [4.69, 9.17) is 0 Å². The molecule has 3 rings (SSSR count). The largest absolute Gasteiger partial charge is 0.395 e. The maximum absolute atomic E-state index is 10.0. The summed E-state index contributed by atoms with van der Waals surface area (Å²) in [4.78, 5) is 1.81. The molecule has 1 fully saturated rings. The minimum atomic E-state index is -1.22. The molecule has 0 spiro atoms. The molecule has 5 heteroatoms. The highest BCUT2D eigenvalue weighted by atomic mass is 16.4. The maximum Gasteiger partial charge on any atom is 0.109 e. The van der Waals surface area contributed by atoms with Gasteiger partial charge in [-0.15, -0.1) is 0 Å². The topological polar surface area (TPSA) is 84.2 Å². The maximum atomic E-state index is 10.0. The Balaban J connectivity index is 1.73. The van der Waals surface area contributed by atoms with Crippen molar-refractivity contribution in [3.05, 3.63) is 60.2 Å². The minimum Gasteiger partial charge on any atom is -0.395 e. The molecule has 2 aromatic rings. The van der Waals surface area contributed by atoms with E-state index in [2.05, 4.69) is 12.1 Å². The van der Waals surface area contributed by atoms with Gasteiger partial charge in [0.1, 0.15) is 12.2 Å². The van der Waals surface area contributed by atoms with Gasteiger partial charge in [0.15, 0.2) is 0 Å². The van der Waals surface area contributed by atoms with Crippen molar-refractivity contribution in [1.29, 1.82) is 0 Å². The van der Waals surface area contributed by atoms with Crippen molar-refractivity contribution in [3.8, 4) is 11.1 Å². The Morgan fingerprint density at radius 2 is 1.46 bits per heavy atom. The van der Waals surface area contributed by atoms with Crippen molar-refractivity contribution in [3.63, 3.8) is 0 Å². The summed E-state index contributed by atoms with van der Waals surface area (Å²) < 4.78 is 0. The molecule has 5 nitrogen and oxygen atoms in total. The van der Waals surface area contributed by atoms with Crippen LogP contribution in [0.2, 0.25) is 0 Å². The van der Waals surface area contributed by atoms with Gasteiger partial charge in [-0.25, -0.2) is 0 Å². The van der Waals surface area contributed by atoms with E-state index in [1.54, 1.807) is 4.90 Å². The fourth-order valence-corrected chi connectivity index (χ4v) is 3.23. The Morgan fingerprint density at radius 1 is 0.833 bits per heavy atom. The standard InChI is InChI=1S/C19H23NO4/c21-12-16-18(23)19(24)17(22)11-20(16)10-13-6-8-15(9-7-13)14-4-2-1-3-5-14/h1-9,16-19,21-24H,10-12H2/t16-,17+,18-,19-/m1/s1. The van der Waals surface area contributed by atoms with E-state index >= 15 is 0 Å². The summed E-state index contributed by atoms with van der Waals surface area (Å²) in [5, 5.41) is 39.2. The van der Waals surface area contributed by atoms with Gasteiger partial charge in [0.2, 0.25) is 0 Å². The van der Waals surface area contributed by atoms with Gasteiger partial charge in [0.05, 0.1) is 18.8 Å². The lowest BCUT2D eigenvalue weighted by Crippen LogP contribution is -2.62. The predicted molar refractivity (Wildman–Crippen MR) is 91.2 cm³/mol. The van der Waals surface area contributed by atoms with E-state index in [9.17, 15) is 20.4 Å². The highest BCUT2D eigenvalue weighted by Gasteiger charge is 2.40. The first-order valence-electron chi connectivity index (χ1n) is 8.13. The molecular weight excluding hydrogens is 306 g/mol. The molecule has 0 aliphatic carbocycles. The zero-order chi connectivity index (χ0) is 17.1. The first-order valence-corrected chi connectivity index (χ1v) is 8.13. The van der Waals surface area contributed by atoms with Gasteiger partial charge in [0.25, 0.3) is 0 Å². The molecule has 24 heavy (non-hydrogen) atoms. The number of aliphatic hydroxyl groups excluding tert-OH is 4. The second-order valence-corrected chi connectivity index (χ2v) is 6.29. The molecule has 2 aromatic carbocycles. The van der Waals surface area contributed by atoms with Crippen LogP contribution in [0, 0.1) is 0 Å². The lowest BCUT2D eigenvalue weighted by Gasteiger charge is -2.43. The van der Waals surface area contributed by atoms with E-state index in [-0.39, 0.29) is 13.2 Å². The van der Waals surface area contributed by atoms with Crippen LogP contribution < -0.4 is 0 Å². The average Bonchev–Trinajstić information content (AvgIpc) is 2.61. The first kappa shape index (κ1) is 17.1. The third kappa shape index (κ3) is 3.50. The van der Waals surface area contributed by atoms with E-state index in [0.29, 0.717) is 6.54 Å². The van der Waals surface area contributed by atoms with Crippen LogP contribution in [0.1, 0.15) is 5.56 Å². The summed E-state index contributed by atoms with van der Waals surface area (Å²) in [5.41, 5.74) is 3.28. The Labute approximate surface area is 141 Å². The number of likely N-dealkylation sites (tertiary alicyclic amines) is 1. The van der Waals surface area contributed by atoms with Crippen molar-refractivity contribution in [2.75, 3.05) is 13.2 Å². The number of aliphatic hydroxyl groups is 4. The lowest BCUT2D eigenvalue weighted by molar-refractivity contribution is -0.147. The SMILES string of the molecule is OC[C@@H]1[C@@H](O)[C@H](O)[C@@H](O)CN1Cc1ccc(-c2ccccc2)cc1. The van der Waals surface area contributed by atoms with E-state index < -0.39 is 24.4 Å². The zero-order valence-electron chi connectivity index (χ0n) is 13.4. The molecule has 4 atom stereocenters. The van der Waals surface area contributed by atoms with Crippen molar-refractivity contribution in [2.24, 2.45) is 0 Å². The first-order chi connectivity index (χ1) is 11.6. The number of hydrogen-bond donors (Lipinski definition) is 4. The van der Waals surface area contributed by atoms with Crippen LogP contribution >= 0.6 is 0 Å². The fourth-order valence-electron chi connectivity index (χ4n) is 3.23. The lowest BCUT2D eigenvalue weighted by atomic mass is 9.93. The molecule has 0 saturated carbocycles. The molecule has 128 valence electrons. The van der Waals surface area contributed by atoms with Gasteiger partial charge in [-0.2, -0.15) is 0 Å². The second-order valence-electron chi connectivity index (χ2n) is 6.29. The average molecular weight is 329 g/mol. The van der Waals surface area contributed by atoms with Crippen molar-refractivity contribution >= 4 is 0 Å². The molecule has 1 saturated heterocycles. The Morgan fingerprint density at radius 3 is 2.08 bits per heavy atom. The molecule has 0 aromatic heterocycles. The molecule has 0 radical (unpaired) electrons. The van der Waals surface area contributed by atoms with Gasteiger partial charge in [-0.1, -0.05) is 54.6 Å². The van der Waals surface area contributed by atoms with Crippen LogP contribution in [-0.2, 0) is 6.54 Å². The van der Waals surface area contributed by atoms with Crippen LogP contribution in [-0.4, -0.2) is 62.8 Å². The summed E-state index contributed by atoms with van der Waals surface area (Å²) in [7, 11) is 0. The Hall–Kier alpha value is -1.76. The minimum absolute atomic E-state index is 0.212. The summed E-state index contributed by atoms with van der Waals surface area (Å²) in [6.45, 7) is 0.429. The Bertz CT molecular complexity index is 646.